The molecule has 0 N–H and O–H groups in total. The Balaban J connectivity index is 2.90. The quantitative estimate of drug-likeness (QED) is 0.353. The first-order valence-corrected chi connectivity index (χ1v) is 9.06. The fourth-order valence-corrected chi connectivity index (χ4v) is 2.51. The lowest BCUT2D eigenvalue weighted by molar-refractivity contribution is -0.0597. The minimum absolute atomic E-state index is 0.203. The fraction of sp³-hybridized carbons (Fsp3) is 0.533. The van der Waals surface area contributed by atoms with Crippen LogP contribution in [0, 0.1) is 0 Å². The number of hydrogen-bond acceptors (Lipinski definition) is 6. The van der Waals surface area contributed by atoms with Crippen LogP contribution in [-0.4, -0.2) is 46.4 Å². The minimum Gasteiger partial charge on any atom is -0.494 e. The van der Waals surface area contributed by atoms with E-state index in [1.165, 1.54) is 12.1 Å². The maximum Gasteiger partial charge on any atom is 0.437 e. The lowest BCUT2D eigenvalue weighted by Crippen LogP contribution is -2.25. The number of nitrogens with zero attached hydrogens (tertiary/aromatic N) is 1. The van der Waals surface area contributed by atoms with Crippen LogP contribution in [0.4, 0.5) is 13.2 Å². The Morgan fingerprint density at radius 3 is 2.32 bits per heavy atom. The standard InChI is InChI=1S/C15H20F3NO5S/c1-3-11-25(20,21)24-19-14(15(16,17)18)12-5-7-13(8-6-12)23-10-4-9-22-2/h5-8H,3-4,9-11H2,1-2H3. The summed E-state index contributed by atoms with van der Waals surface area (Å²) in [7, 11) is -2.59. The van der Waals surface area contributed by atoms with Crippen molar-refractivity contribution in [3.63, 3.8) is 0 Å². The first-order chi connectivity index (χ1) is 11.7. The molecular formula is C15H20F3NO5S. The average molecular weight is 383 g/mol. The molecule has 142 valence electrons. The first kappa shape index (κ1) is 21.2. The third-order valence-electron chi connectivity index (χ3n) is 2.85. The van der Waals surface area contributed by atoms with Crippen LogP contribution in [0.15, 0.2) is 29.4 Å². The molecule has 1 aromatic carbocycles. The van der Waals surface area contributed by atoms with Crippen molar-refractivity contribution in [2.45, 2.75) is 25.9 Å². The van der Waals surface area contributed by atoms with E-state index in [2.05, 4.69) is 9.44 Å². The number of oxime groups is 1. The summed E-state index contributed by atoms with van der Waals surface area (Å²) in [5, 5.41) is 2.82. The lowest BCUT2D eigenvalue weighted by Gasteiger charge is -2.11. The number of hydrogen-bond donors (Lipinski definition) is 0. The summed E-state index contributed by atoms with van der Waals surface area (Å²) in [5.41, 5.74) is -1.76. The van der Waals surface area contributed by atoms with Crippen molar-refractivity contribution in [3.8, 4) is 5.75 Å². The van der Waals surface area contributed by atoms with Crippen molar-refractivity contribution in [1.29, 1.82) is 0 Å². The van der Waals surface area contributed by atoms with E-state index >= 15 is 0 Å². The highest BCUT2D eigenvalue weighted by molar-refractivity contribution is 7.86. The third-order valence-corrected chi connectivity index (χ3v) is 4.06. The molecule has 0 fully saturated rings. The van der Waals surface area contributed by atoms with Gasteiger partial charge >= 0.3 is 16.3 Å². The highest BCUT2D eigenvalue weighted by Gasteiger charge is 2.38. The van der Waals surface area contributed by atoms with E-state index in [9.17, 15) is 21.6 Å². The molecule has 0 saturated carbocycles. The van der Waals surface area contributed by atoms with Gasteiger partial charge in [0.2, 0.25) is 0 Å². The molecule has 0 spiro atoms. The van der Waals surface area contributed by atoms with Crippen LogP contribution in [0.1, 0.15) is 25.3 Å². The molecule has 0 bridgehead atoms. The van der Waals surface area contributed by atoms with Crippen molar-refractivity contribution in [1.82, 2.24) is 0 Å². The Bertz CT molecular complexity index is 657. The Hall–Kier alpha value is -1.81. The normalized spacial score (nSPS) is 12.9. The van der Waals surface area contributed by atoms with Crippen molar-refractivity contribution in [3.05, 3.63) is 29.8 Å². The monoisotopic (exact) mass is 383 g/mol. The van der Waals surface area contributed by atoms with E-state index in [0.717, 1.165) is 12.1 Å². The molecular weight excluding hydrogens is 363 g/mol. The molecule has 0 radical (unpaired) electrons. The summed E-state index contributed by atoms with van der Waals surface area (Å²) in [6.45, 7) is 2.42. The minimum atomic E-state index is -4.87. The van der Waals surface area contributed by atoms with Crippen molar-refractivity contribution < 1.29 is 35.3 Å². The number of methoxy groups -OCH3 is 1. The van der Waals surface area contributed by atoms with Gasteiger partial charge in [-0.05, 0) is 30.7 Å². The molecule has 0 aromatic heterocycles. The summed E-state index contributed by atoms with van der Waals surface area (Å²) in [6, 6.07) is 4.94. The molecule has 25 heavy (non-hydrogen) atoms. The number of halogens is 3. The number of alkyl halides is 3. The first-order valence-electron chi connectivity index (χ1n) is 7.48. The molecule has 0 heterocycles. The fourth-order valence-electron chi connectivity index (χ4n) is 1.75. The predicted octanol–water partition coefficient (Wildman–Crippen LogP) is 3.12. The largest absolute Gasteiger partial charge is 0.494 e. The van der Waals surface area contributed by atoms with Gasteiger partial charge in [0.1, 0.15) is 5.75 Å². The second kappa shape index (κ2) is 9.62. The van der Waals surface area contributed by atoms with Crippen LogP contribution in [0.3, 0.4) is 0 Å². The average Bonchev–Trinajstić information content (AvgIpc) is 2.51. The highest BCUT2D eigenvalue weighted by atomic mass is 32.2. The number of ether oxygens (including phenoxy) is 2. The molecule has 0 amide bonds. The van der Waals surface area contributed by atoms with Gasteiger partial charge < -0.3 is 9.47 Å². The van der Waals surface area contributed by atoms with E-state index in [1.54, 1.807) is 14.0 Å². The molecule has 0 aliphatic carbocycles. The van der Waals surface area contributed by atoms with Gasteiger partial charge in [-0.15, -0.1) is 0 Å². The number of rotatable bonds is 10. The van der Waals surface area contributed by atoms with Gasteiger partial charge in [-0.2, -0.15) is 21.6 Å². The number of benzene rings is 1. The SMILES string of the molecule is CCCS(=O)(=O)ON=C(c1ccc(OCCCOC)cc1)C(F)(F)F. The zero-order valence-electron chi connectivity index (χ0n) is 13.9. The van der Waals surface area contributed by atoms with Crippen LogP contribution >= 0.6 is 0 Å². The Morgan fingerprint density at radius 2 is 1.80 bits per heavy atom. The van der Waals surface area contributed by atoms with Crippen molar-refractivity contribution >= 4 is 15.8 Å². The van der Waals surface area contributed by atoms with Gasteiger partial charge in [-0.3, -0.25) is 4.28 Å². The van der Waals surface area contributed by atoms with Gasteiger partial charge in [0.05, 0.1) is 12.4 Å². The van der Waals surface area contributed by atoms with Gasteiger partial charge in [0.25, 0.3) is 0 Å². The van der Waals surface area contributed by atoms with E-state index in [4.69, 9.17) is 9.47 Å². The Kier molecular flexibility index (Phi) is 8.17. The second-order valence-corrected chi connectivity index (χ2v) is 6.67. The summed E-state index contributed by atoms with van der Waals surface area (Å²) >= 11 is 0. The summed E-state index contributed by atoms with van der Waals surface area (Å²) in [6.07, 6.45) is -4.03. The van der Waals surface area contributed by atoms with Gasteiger partial charge in [0.15, 0.2) is 5.71 Å². The van der Waals surface area contributed by atoms with Gasteiger partial charge in [-0.25, -0.2) is 0 Å². The second-order valence-electron chi connectivity index (χ2n) is 4.99. The molecule has 0 unspecified atom stereocenters. The molecule has 1 aromatic rings. The predicted molar refractivity (Wildman–Crippen MR) is 86.2 cm³/mol. The molecule has 0 aliphatic heterocycles. The molecule has 0 saturated heterocycles. The van der Waals surface area contributed by atoms with E-state index in [1.807, 2.05) is 0 Å². The van der Waals surface area contributed by atoms with Gasteiger partial charge in [0, 0.05) is 25.7 Å². The Morgan fingerprint density at radius 1 is 1.16 bits per heavy atom. The van der Waals surface area contributed by atoms with Crippen molar-refractivity contribution in [2.24, 2.45) is 5.16 Å². The van der Waals surface area contributed by atoms with Crippen LogP contribution < -0.4 is 4.74 Å². The smallest absolute Gasteiger partial charge is 0.437 e. The molecule has 6 nitrogen and oxygen atoms in total. The zero-order chi connectivity index (χ0) is 18.9. The van der Waals surface area contributed by atoms with Crippen molar-refractivity contribution in [2.75, 3.05) is 26.1 Å². The molecule has 1 rings (SSSR count). The molecule has 0 atom stereocenters. The maximum atomic E-state index is 13.1. The maximum absolute atomic E-state index is 13.1. The van der Waals surface area contributed by atoms with Crippen LogP contribution in [0.2, 0.25) is 0 Å². The topological polar surface area (TPSA) is 74.2 Å². The van der Waals surface area contributed by atoms with Crippen LogP contribution in [-0.2, 0) is 19.1 Å². The highest BCUT2D eigenvalue weighted by Crippen LogP contribution is 2.24. The molecule has 0 aliphatic rings. The summed E-state index contributed by atoms with van der Waals surface area (Å²) in [5.74, 6) is -0.0449. The van der Waals surface area contributed by atoms with Crippen LogP contribution in [0.25, 0.3) is 0 Å². The summed E-state index contributed by atoms with van der Waals surface area (Å²) < 4.78 is 76.4. The third kappa shape index (κ3) is 7.74. The van der Waals surface area contributed by atoms with E-state index in [-0.39, 0.29) is 12.0 Å². The van der Waals surface area contributed by atoms with Gasteiger partial charge in [-0.1, -0.05) is 12.1 Å². The lowest BCUT2D eigenvalue weighted by atomic mass is 10.1. The van der Waals surface area contributed by atoms with Crippen LogP contribution in [0.5, 0.6) is 5.75 Å². The van der Waals surface area contributed by atoms with E-state index in [0.29, 0.717) is 25.4 Å². The van der Waals surface area contributed by atoms with E-state index < -0.39 is 27.8 Å². The molecule has 10 heteroatoms. The zero-order valence-corrected chi connectivity index (χ0v) is 14.7. The Labute approximate surface area is 144 Å². The summed E-state index contributed by atoms with van der Waals surface area (Å²) in [4.78, 5) is 0.